The van der Waals surface area contributed by atoms with Gasteiger partial charge in [0.15, 0.2) is 0 Å². The average Bonchev–Trinajstić information content (AvgIpc) is 3.55. The molecule has 0 saturated carbocycles. The number of benzene rings is 3. The fraction of sp³-hybridized carbons (Fsp3) is 0.154. The summed E-state index contributed by atoms with van der Waals surface area (Å²) in [5.41, 5.74) is 8.67. The summed E-state index contributed by atoms with van der Waals surface area (Å²) in [4.78, 5) is 10.1. The molecule has 1 aliphatic rings. The van der Waals surface area contributed by atoms with Crippen molar-refractivity contribution in [3.05, 3.63) is 83.7 Å². The first-order chi connectivity index (χ1) is 14.7. The van der Waals surface area contributed by atoms with E-state index in [2.05, 4.69) is 68.4 Å². The molecule has 148 valence electrons. The first-order valence-corrected chi connectivity index (χ1v) is 12.9. The molecule has 30 heavy (non-hydrogen) atoms. The zero-order valence-corrected chi connectivity index (χ0v) is 19.0. The quantitative estimate of drug-likeness (QED) is 0.280. The minimum absolute atomic E-state index is 0.227. The van der Waals surface area contributed by atoms with Gasteiger partial charge in [0, 0.05) is 0 Å². The molecule has 6 rings (SSSR count). The van der Waals surface area contributed by atoms with Crippen LogP contribution in [-0.4, -0.2) is 14.4 Å². The molecule has 1 aliphatic heterocycles. The van der Waals surface area contributed by atoms with Gasteiger partial charge in [0.25, 0.3) is 0 Å². The van der Waals surface area contributed by atoms with Gasteiger partial charge in [-0.25, -0.2) is 0 Å². The van der Waals surface area contributed by atoms with Crippen molar-refractivity contribution in [3.8, 4) is 22.5 Å². The molecule has 0 amide bonds. The van der Waals surface area contributed by atoms with Crippen LogP contribution < -0.4 is 21.2 Å². The molecule has 2 aromatic heterocycles. The average molecular weight is 503 g/mol. The third kappa shape index (κ3) is 2.93. The number of alkyl halides is 2. The van der Waals surface area contributed by atoms with Gasteiger partial charge < -0.3 is 0 Å². The van der Waals surface area contributed by atoms with E-state index in [9.17, 15) is 0 Å². The van der Waals surface area contributed by atoms with Gasteiger partial charge in [-0.05, 0) is 0 Å². The number of aromatic nitrogens is 2. The minimum atomic E-state index is 0.227. The maximum absolute atomic E-state index is 6.03. The molecule has 0 bridgehead atoms. The Morgan fingerprint density at radius 3 is 2.40 bits per heavy atom. The first-order valence-electron chi connectivity index (χ1n) is 10.1. The first kappa shape index (κ1) is 18.1. The number of rotatable bonds is 3. The van der Waals surface area contributed by atoms with E-state index in [1.54, 1.807) is 0 Å². The van der Waals surface area contributed by atoms with Crippen LogP contribution in [0.4, 0.5) is 0 Å². The second-order valence-electron chi connectivity index (χ2n) is 7.80. The van der Waals surface area contributed by atoms with Crippen molar-refractivity contribution >= 4 is 21.9 Å². The van der Waals surface area contributed by atoms with Gasteiger partial charge in [0.2, 0.25) is 0 Å². The summed E-state index contributed by atoms with van der Waals surface area (Å²) in [6.45, 7) is 4.31. The topological polar surface area (TPSA) is 38.9 Å². The number of aryl methyl sites for hydroxylation is 1. The molecule has 1 fully saturated rings. The Morgan fingerprint density at radius 1 is 0.833 bits per heavy atom. The number of para-hydroxylation sites is 1. The van der Waals surface area contributed by atoms with Crippen LogP contribution >= 0.6 is 0 Å². The number of hydrogen-bond acceptors (Lipinski definition) is 3. The Labute approximate surface area is 185 Å². The Hall–Kier alpha value is -2.73. The van der Waals surface area contributed by atoms with E-state index in [4.69, 9.17) is 14.4 Å². The van der Waals surface area contributed by atoms with Crippen LogP contribution in [0.25, 0.3) is 44.5 Å². The van der Waals surface area contributed by atoms with E-state index in [0.717, 1.165) is 50.3 Å². The molecular formula is C26H20IN2O-. The molecule has 5 aromatic rings. The summed E-state index contributed by atoms with van der Waals surface area (Å²) in [5.74, 6) is 1.03. The van der Waals surface area contributed by atoms with Gasteiger partial charge in [0.1, 0.15) is 0 Å². The molecule has 4 heteroatoms. The number of hydrogen-bond donors (Lipinski definition) is 0. The van der Waals surface area contributed by atoms with Crippen LogP contribution in [0.5, 0.6) is 0 Å². The van der Waals surface area contributed by atoms with Crippen molar-refractivity contribution in [1.82, 2.24) is 9.97 Å². The van der Waals surface area contributed by atoms with Crippen LogP contribution in [0.1, 0.15) is 20.9 Å². The van der Waals surface area contributed by atoms with Crippen molar-refractivity contribution in [2.75, 3.05) is 4.43 Å². The summed E-state index contributed by atoms with van der Waals surface area (Å²) in [6.07, 6.45) is 0. The molecule has 3 aromatic carbocycles. The van der Waals surface area contributed by atoms with Gasteiger partial charge in [-0.3, -0.25) is 0 Å². The number of furan rings is 1. The molecule has 1 atom stereocenters. The second-order valence-corrected chi connectivity index (χ2v) is 11.1. The Balaban J connectivity index is 1.60. The van der Waals surface area contributed by atoms with E-state index in [0.29, 0.717) is 3.92 Å². The van der Waals surface area contributed by atoms with Crippen molar-refractivity contribution < 1.29 is 25.6 Å². The Bertz CT molecular complexity index is 1430. The number of nitrogens with zero attached hydrogens (tertiary/aromatic N) is 2. The standard InChI is InChI=1S/C26H20IN2O/c1-15-7-3-4-8-18(15)25-16(2)24(28-26(29-25)21-14-27-21)17-11-12-23-20(13-17)19-9-5-6-10-22(19)30-23/h3-13,21H,14H2,1-2H3/q-1. The monoisotopic (exact) mass is 503 g/mol. The van der Waals surface area contributed by atoms with Gasteiger partial charge >= 0.3 is 186 Å². The van der Waals surface area contributed by atoms with Gasteiger partial charge in [-0.15, -0.1) is 0 Å². The summed E-state index contributed by atoms with van der Waals surface area (Å²) in [5, 5.41) is 2.28. The van der Waals surface area contributed by atoms with E-state index in [1.165, 1.54) is 15.6 Å². The molecule has 3 heterocycles. The third-order valence-corrected chi connectivity index (χ3v) is 8.12. The summed E-state index contributed by atoms with van der Waals surface area (Å²) >= 11 is 0.227. The Kier molecular flexibility index (Phi) is 4.16. The van der Waals surface area contributed by atoms with Crippen molar-refractivity contribution in [2.45, 2.75) is 17.8 Å². The molecule has 1 unspecified atom stereocenters. The van der Waals surface area contributed by atoms with Crippen molar-refractivity contribution in [1.29, 1.82) is 0 Å². The van der Waals surface area contributed by atoms with Crippen LogP contribution in [0, 0.1) is 13.8 Å². The molecule has 0 N–H and O–H groups in total. The predicted molar refractivity (Wildman–Crippen MR) is 117 cm³/mol. The van der Waals surface area contributed by atoms with Gasteiger partial charge in [-0.1, -0.05) is 0 Å². The molecule has 0 spiro atoms. The molecule has 0 aliphatic carbocycles. The molecule has 0 radical (unpaired) electrons. The summed E-state index contributed by atoms with van der Waals surface area (Å²) in [6, 6.07) is 23.2. The SMILES string of the molecule is Cc1ccccc1-c1nc(C2C[I-]2)nc(-c2ccc3oc4ccccc4c3c2)c1C. The Morgan fingerprint density at radius 2 is 1.57 bits per heavy atom. The van der Waals surface area contributed by atoms with Crippen LogP contribution in [0.2, 0.25) is 0 Å². The molecular weight excluding hydrogens is 483 g/mol. The van der Waals surface area contributed by atoms with Crippen molar-refractivity contribution in [3.63, 3.8) is 0 Å². The fourth-order valence-corrected chi connectivity index (χ4v) is 5.43. The number of halogens is 1. The molecule has 3 nitrogen and oxygen atoms in total. The van der Waals surface area contributed by atoms with E-state index in [-0.39, 0.29) is 21.2 Å². The predicted octanol–water partition coefficient (Wildman–Crippen LogP) is 3.47. The second kappa shape index (κ2) is 6.91. The summed E-state index contributed by atoms with van der Waals surface area (Å²) in [7, 11) is 0. The zero-order valence-electron chi connectivity index (χ0n) is 16.8. The zero-order chi connectivity index (χ0) is 20.2. The van der Waals surface area contributed by atoms with Crippen LogP contribution in [0.15, 0.2) is 71.1 Å². The van der Waals surface area contributed by atoms with Gasteiger partial charge in [-0.2, -0.15) is 0 Å². The van der Waals surface area contributed by atoms with Gasteiger partial charge in [0.05, 0.1) is 0 Å². The fourth-order valence-electron chi connectivity index (χ4n) is 4.11. The maximum atomic E-state index is 6.03. The third-order valence-electron chi connectivity index (χ3n) is 5.80. The van der Waals surface area contributed by atoms with E-state index < -0.39 is 0 Å². The van der Waals surface area contributed by atoms with Crippen LogP contribution in [-0.2, 0) is 0 Å². The normalized spacial score (nSPS) is 16.0. The van der Waals surface area contributed by atoms with Crippen molar-refractivity contribution in [2.24, 2.45) is 0 Å². The molecule has 1 saturated heterocycles. The number of fused-ring (bicyclic) bond motifs is 3. The van der Waals surface area contributed by atoms with E-state index >= 15 is 0 Å². The van der Waals surface area contributed by atoms with E-state index in [1.807, 2.05) is 12.1 Å². The van der Waals surface area contributed by atoms with Crippen LogP contribution in [0.3, 0.4) is 0 Å². The summed E-state index contributed by atoms with van der Waals surface area (Å²) < 4.78 is 7.92.